The Morgan fingerprint density at radius 1 is 0.692 bits per heavy atom. The molecule has 0 aliphatic carbocycles. The minimum Gasteiger partial charge on any atom is -0.496 e. The minimum atomic E-state index is -0.0867. The average molecular weight is 535 g/mol. The first-order valence-electron chi connectivity index (χ1n) is 15.8. The molecule has 3 nitrogen and oxygen atoms in total. The molecule has 0 aliphatic rings. The van der Waals surface area contributed by atoms with E-state index in [2.05, 4.69) is 33.8 Å². The Labute approximate surface area is 239 Å². The van der Waals surface area contributed by atoms with E-state index < -0.39 is 0 Å². The quantitative estimate of drug-likeness (QED) is 0.118. The topological polar surface area (TPSA) is 43.4 Å². The number of ketones is 2. The molecule has 0 saturated carbocycles. The lowest BCUT2D eigenvalue weighted by Crippen LogP contribution is -2.25. The van der Waals surface area contributed by atoms with Crippen molar-refractivity contribution in [3.63, 3.8) is 0 Å². The van der Waals surface area contributed by atoms with Crippen LogP contribution in [-0.2, 0) is 11.2 Å². The highest BCUT2D eigenvalue weighted by Gasteiger charge is 2.33. The van der Waals surface area contributed by atoms with Crippen LogP contribution >= 0.6 is 0 Å². The van der Waals surface area contributed by atoms with E-state index in [4.69, 9.17) is 4.74 Å². The van der Waals surface area contributed by atoms with Crippen LogP contribution in [0.3, 0.4) is 0 Å². The van der Waals surface area contributed by atoms with E-state index in [9.17, 15) is 9.59 Å². The fraction of sp³-hybridized carbons (Fsp3) is 0.611. The summed E-state index contributed by atoms with van der Waals surface area (Å²) in [6.07, 6.45) is 13.9. The molecule has 0 radical (unpaired) electrons. The number of ether oxygens (including phenoxy) is 1. The zero-order chi connectivity index (χ0) is 28.5. The molecular formula is C36H54O3. The van der Waals surface area contributed by atoms with Gasteiger partial charge < -0.3 is 4.74 Å². The number of hydrogen-bond donors (Lipinski definition) is 0. The van der Waals surface area contributed by atoms with Crippen molar-refractivity contribution in [3.05, 3.63) is 65.2 Å². The number of Topliss-reactive ketones (excluding diaryl/α,β-unsaturated/α-hetero) is 2. The summed E-state index contributed by atoms with van der Waals surface area (Å²) in [6, 6.07) is 16.2. The monoisotopic (exact) mass is 534 g/mol. The predicted molar refractivity (Wildman–Crippen MR) is 165 cm³/mol. The maximum atomic E-state index is 14.0. The van der Waals surface area contributed by atoms with Gasteiger partial charge in [-0.2, -0.15) is 0 Å². The molecule has 0 amide bonds. The summed E-state index contributed by atoms with van der Waals surface area (Å²) in [6.45, 7) is 8.79. The Morgan fingerprint density at radius 3 is 1.95 bits per heavy atom. The van der Waals surface area contributed by atoms with Crippen molar-refractivity contribution < 1.29 is 14.3 Å². The molecule has 3 unspecified atom stereocenters. The van der Waals surface area contributed by atoms with Gasteiger partial charge in [0.2, 0.25) is 0 Å². The summed E-state index contributed by atoms with van der Waals surface area (Å²) in [5.74, 6) is 1.21. The number of para-hydroxylation sites is 1. The van der Waals surface area contributed by atoms with Crippen LogP contribution < -0.4 is 4.74 Å². The van der Waals surface area contributed by atoms with Gasteiger partial charge in [0.15, 0.2) is 5.78 Å². The molecule has 3 heteroatoms. The number of carbonyl (C=O) groups is 2. The van der Waals surface area contributed by atoms with Crippen molar-refractivity contribution in [2.24, 2.45) is 11.8 Å². The first-order valence-corrected chi connectivity index (χ1v) is 15.8. The van der Waals surface area contributed by atoms with Gasteiger partial charge in [-0.25, -0.2) is 0 Å². The number of methoxy groups -OCH3 is 1. The molecule has 39 heavy (non-hydrogen) atoms. The summed E-state index contributed by atoms with van der Waals surface area (Å²) < 4.78 is 6.06. The molecule has 0 bridgehead atoms. The molecule has 216 valence electrons. The summed E-state index contributed by atoms with van der Waals surface area (Å²) in [5, 5.41) is 0. The highest BCUT2D eigenvalue weighted by molar-refractivity contribution is 6.00. The third-order valence-corrected chi connectivity index (χ3v) is 8.21. The van der Waals surface area contributed by atoms with Gasteiger partial charge in [0, 0.05) is 18.3 Å². The summed E-state index contributed by atoms with van der Waals surface area (Å²) in [5.41, 5.74) is 2.82. The summed E-state index contributed by atoms with van der Waals surface area (Å²) >= 11 is 0. The van der Waals surface area contributed by atoms with Crippen LogP contribution in [0.1, 0.15) is 139 Å². The fourth-order valence-corrected chi connectivity index (χ4v) is 5.92. The van der Waals surface area contributed by atoms with Crippen LogP contribution in [0.25, 0.3) is 0 Å². The Bertz CT molecular complexity index is 965. The second kappa shape index (κ2) is 18.8. The van der Waals surface area contributed by atoms with E-state index in [0.29, 0.717) is 23.5 Å². The van der Waals surface area contributed by atoms with Crippen molar-refractivity contribution in [2.75, 3.05) is 7.11 Å². The zero-order valence-electron chi connectivity index (χ0n) is 25.5. The second-order valence-corrected chi connectivity index (χ2v) is 11.3. The van der Waals surface area contributed by atoms with Gasteiger partial charge in [0.1, 0.15) is 11.5 Å². The van der Waals surface area contributed by atoms with Crippen molar-refractivity contribution in [2.45, 2.75) is 124 Å². The molecule has 0 aliphatic heterocycles. The molecule has 0 spiro atoms. The number of unbranched alkanes of at least 4 members (excludes halogenated alkanes) is 5. The van der Waals surface area contributed by atoms with Gasteiger partial charge in [0.05, 0.1) is 12.7 Å². The van der Waals surface area contributed by atoms with Crippen molar-refractivity contribution in [3.8, 4) is 5.75 Å². The second-order valence-electron chi connectivity index (χ2n) is 11.3. The maximum absolute atomic E-state index is 14.0. The van der Waals surface area contributed by atoms with Crippen molar-refractivity contribution >= 4 is 11.6 Å². The lowest BCUT2D eigenvalue weighted by Gasteiger charge is -2.29. The van der Waals surface area contributed by atoms with E-state index in [-0.39, 0.29) is 23.5 Å². The molecule has 0 fully saturated rings. The fourth-order valence-electron chi connectivity index (χ4n) is 5.92. The Balaban J connectivity index is 2.50. The molecule has 0 saturated heterocycles. The van der Waals surface area contributed by atoms with Gasteiger partial charge >= 0.3 is 0 Å². The molecule has 2 rings (SSSR count). The maximum Gasteiger partial charge on any atom is 0.169 e. The minimum absolute atomic E-state index is 0.0327. The number of carbonyl (C=O) groups excluding carboxylic acids is 2. The van der Waals surface area contributed by atoms with Crippen LogP contribution in [0.15, 0.2) is 48.5 Å². The molecule has 3 atom stereocenters. The van der Waals surface area contributed by atoms with Crippen LogP contribution in [-0.4, -0.2) is 18.7 Å². The van der Waals surface area contributed by atoms with E-state index in [1.54, 1.807) is 7.11 Å². The molecular weight excluding hydrogens is 480 g/mol. The SMILES string of the molecule is CCCCCC(CCCC)C(=O)c1cccc(C(CCCC)C(CCCC)C(=O)Cc2ccccc2)c1OC. The standard InChI is InChI=1S/C36H54O3/c1-6-10-15-22-29(21-11-7-2)35(38)33-26-18-25-32(36(33)39-5)30(23-12-8-3)31(24-13-9-4)34(37)27-28-19-16-14-17-20-28/h14,16-20,25-26,29-31H,6-13,15,21-24,27H2,1-5H3. The van der Waals surface area contributed by atoms with E-state index >= 15 is 0 Å². The summed E-state index contributed by atoms with van der Waals surface area (Å²) in [7, 11) is 1.69. The van der Waals surface area contributed by atoms with Gasteiger partial charge in [-0.1, -0.05) is 128 Å². The Kier molecular flexibility index (Phi) is 15.8. The van der Waals surface area contributed by atoms with Crippen LogP contribution in [0, 0.1) is 11.8 Å². The third kappa shape index (κ3) is 10.2. The number of hydrogen-bond acceptors (Lipinski definition) is 3. The third-order valence-electron chi connectivity index (χ3n) is 8.21. The Hall–Kier alpha value is -2.42. The average Bonchev–Trinajstić information content (AvgIpc) is 2.96. The lowest BCUT2D eigenvalue weighted by molar-refractivity contribution is -0.123. The Morgan fingerprint density at radius 2 is 1.31 bits per heavy atom. The number of benzene rings is 2. The normalized spacial score (nSPS) is 13.6. The summed E-state index contributed by atoms with van der Waals surface area (Å²) in [4.78, 5) is 27.9. The van der Waals surface area contributed by atoms with Gasteiger partial charge in [0.25, 0.3) is 0 Å². The van der Waals surface area contributed by atoms with Crippen LogP contribution in [0.2, 0.25) is 0 Å². The largest absolute Gasteiger partial charge is 0.496 e. The first kappa shape index (κ1) is 32.8. The number of rotatable bonds is 21. The van der Waals surface area contributed by atoms with Crippen LogP contribution in [0.5, 0.6) is 5.75 Å². The van der Waals surface area contributed by atoms with Crippen LogP contribution in [0.4, 0.5) is 0 Å². The zero-order valence-corrected chi connectivity index (χ0v) is 25.5. The highest BCUT2D eigenvalue weighted by atomic mass is 16.5. The van der Waals surface area contributed by atoms with Gasteiger partial charge in [-0.3, -0.25) is 9.59 Å². The lowest BCUT2D eigenvalue weighted by atomic mass is 9.75. The molecule has 2 aromatic carbocycles. The molecule has 2 aromatic rings. The van der Waals surface area contributed by atoms with E-state index in [0.717, 1.165) is 94.6 Å². The highest BCUT2D eigenvalue weighted by Crippen LogP contribution is 2.41. The van der Waals surface area contributed by atoms with Crippen molar-refractivity contribution in [1.29, 1.82) is 0 Å². The molecule has 0 N–H and O–H groups in total. The van der Waals surface area contributed by atoms with Gasteiger partial charge in [-0.05, 0) is 48.8 Å². The van der Waals surface area contributed by atoms with Gasteiger partial charge in [-0.15, -0.1) is 0 Å². The molecule has 0 aromatic heterocycles. The van der Waals surface area contributed by atoms with Crippen molar-refractivity contribution in [1.82, 2.24) is 0 Å². The molecule has 0 heterocycles. The van der Waals surface area contributed by atoms with E-state index in [1.165, 1.54) is 0 Å². The van der Waals surface area contributed by atoms with E-state index in [1.807, 2.05) is 42.5 Å². The smallest absolute Gasteiger partial charge is 0.169 e. The first-order chi connectivity index (χ1) is 19.0. The predicted octanol–water partition coefficient (Wildman–Crippen LogP) is 10.2.